The third-order valence-corrected chi connectivity index (χ3v) is 3.80. The van der Waals surface area contributed by atoms with Crippen LogP contribution in [0.1, 0.15) is 20.3 Å². The Balaban J connectivity index is 1.78. The van der Waals surface area contributed by atoms with Crippen LogP contribution in [0.3, 0.4) is 0 Å². The number of rotatable bonds is 9. The van der Waals surface area contributed by atoms with E-state index in [2.05, 4.69) is 10.2 Å². The summed E-state index contributed by atoms with van der Waals surface area (Å²) in [6, 6.07) is 14.6. The van der Waals surface area contributed by atoms with Gasteiger partial charge < -0.3 is 14.2 Å². The molecule has 0 saturated carbocycles. The van der Waals surface area contributed by atoms with Crippen LogP contribution in [-0.2, 0) is 9.53 Å². The number of esters is 1. The number of benzene rings is 2. The van der Waals surface area contributed by atoms with Gasteiger partial charge in [0.05, 0.1) is 24.4 Å². The lowest BCUT2D eigenvalue weighted by Gasteiger charge is -2.10. The molecule has 6 heteroatoms. The molecule has 6 nitrogen and oxygen atoms in total. The minimum atomic E-state index is -0.189. The molecule has 26 heavy (non-hydrogen) atoms. The number of carbonyl (C=O) groups is 1. The molecule has 0 aromatic heterocycles. The van der Waals surface area contributed by atoms with E-state index in [1.165, 1.54) is 0 Å². The van der Waals surface area contributed by atoms with Crippen LogP contribution < -0.4 is 9.47 Å². The molecular formula is C20H24N2O4. The molecule has 0 radical (unpaired) electrons. The highest BCUT2D eigenvalue weighted by Crippen LogP contribution is 2.22. The third kappa shape index (κ3) is 6.20. The van der Waals surface area contributed by atoms with Crippen molar-refractivity contribution in [3.05, 3.63) is 48.5 Å². The molecule has 0 aliphatic carbocycles. The number of hydrogen-bond donors (Lipinski definition) is 0. The van der Waals surface area contributed by atoms with Gasteiger partial charge in [-0.3, -0.25) is 4.79 Å². The van der Waals surface area contributed by atoms with Gasteiger partial charge in [-0.05, 0) is 55.0 Å². The van der Waals surface area contributed by atoms with E-state index in [9.17, 15) is 4.79 Å². The maximum absolute atomic E-state index is 11.5. The minimum Gasteiger partial charge on any atom is -0.497 e. The van der Waals surface area contributed by atoms with Gasteiger partial charge >= 0.3 is 5.97 Å². The molecule has 0 spiro atoms. The first kappa shape index (κ1) is 19.4. The fourth-order valence-corrected chi connectivity index (χ4v) is 1.98. The number of carbonyl (C=O) groups excluding carboxylic acids is 1. The smallest absolute Gasteiger partial charge is 0.308 e. The first-order valence-electron chi connectivity index (χ1n) is 8.57. The summed E-state index contributed by atoms with van der Waals surface area (Å²) < 4.78 is 15.8. The molecule has 0 aliphatic rings. The molecule has 138 valence electrons. The van der Waals surface area contributed by atoms with Crippen LogP contribution in [0.15, 0.2) is 58.8 Å². The van der Waals surface area contributed by atoms with E-state index < -0.39 is 0 Å². The summed E-state index contributed by atoms with van der Waals surface area (Å²) in [6.45, 7) is 4.36. The Hall–Kier alpha value is -2.89. The zero-order chi connectivity index (χ0) is 18.8. The normalized spacial score (nSPS) is 12.0. The highest BCUT2D eigenvalue weighted by atomic mass is 16.6. The molecule has 0 amide bonds. The Morgan fingerprint density at radius 2 is 1.46 bits per heavy atom. The molecule has 0 aliphatic heterocycles. The van der Waals surface area contributed by atoms with Crippen molar-refractivity contribution in [1.82, 2.24) is 0 Å². The molecule has 0 bridgehead atoms. The first-order valence-corrected chi connectivity index (χ1v) is 8.57. The Kier molecular flexibility index (Phi) is 7.61. The topological polar surface area (TPSA) is 69.5 Å². The fraction of sp³-hybridized carbons (Fsp3) is 0.350. The lowest BCUT2D eigenvalue weighted by molar-refractivity contribution is -0.148. The third-order valence-electron chi connectivity index (χ3n) is 3.80. The zero-order valence-corrected chi connectivity index (χ0v) is 15.3. The lowest BCUT2D eigenvalue weighted by atomic mass is 10.1. The van der Waals surface area contributed by atoms with E-state index >= 15 is 0 Å². The van der Waals surface area contributed by atoms with Gasteiger partial charge in [-0.15, -0.1) is 0 Å². The molecular weight excluding hydrogens is 332 g/mol. The molecule has 2 aromatic rings. The zero-order valence-electron chi connectivity index (χ0n) is 15.3. The number of hydrogen-bond acceptors (Lipinski definition) is 6. The van der Waals surface area contributed by atoms with Crippen LogP contribution in [0.4, 0.5) is 11.4 Å². The second-order valence-electron chi connectivity index (χ2n) is 5.72. The van der Waals surface area contributed by atoms with Gasteiger partial charge in [-0.25, -0.2) is 0 Å². The second kappa shape index (κ2) is 10.2. The van der Waals surface area contributed by atoms with Crippen molar-refractivity contribution in [2.75, 3.05) is 20.3 Å². The number of nitrogens with zero attached hydrogens (tertiary/aromatic N) is 2. The summed E-state index contributed by atoms with van der Waals surface area (Å²) in [4.78, 5) is 11.5. The maximum atomic E-state index is 11.5. The molecule has 0 fully saturated rings. The molecule has 0 heterocycles. The van der Waals surface area contributed by atoms with Crippen LogP contribution in [0.5, 0.6) is 11.5 Å². The van der Waals surface area contributed by atoms with Crippen LogP contribution in [0.2, 0.25) is 0 Å². The first-order chi connectivity index (χ1) is 12.6. The van der Waals surface area contributed by atoms with Gasteiger partial charge in [0.2, 0.25) is 0 Å². The van der Waals surface area contributed by atoms with Gasteiger partial charge in [0, 0.05) is 0 Å². The van der Waals surface area contributed by atoms with Gasteiger partial charge in [0.15, 0.2) is 0 Å². The standard InChI is InChI=1S/C20H24N2O4/c1-4-15(2)20(23)26-14-13-25-19-11-7-17(8-12-19)22-21-16-5-9-18(24-3)10-6-16/h5-12,15H,4,13-14H2,1-3H3/b22-21+. The van der Waals surface area contributed by atoms with Crippen molar-refractivity contribution in [3.8, 4) is 11.5 Å². The molecule has 0 saturated heterocycles. The average Bonchev–Trinajstić information content (AvgIpc) is 2.70. The van der Waals surface area contributed by atoms with E-state index in [0.29, 0.717) is 12.4 Å². The van der Waals surface area contributed by atoms with Gasteiger partial charge in [-0.1, -0.05) is 13.8 Å². The predicted octanol–water partition coefficient (Wildman–Crippen LogP) is 5.08. The van der Waals surface area contributed by atoms with Gasteiger partial charge in [0.25, 0.3) is 0 Å². The van der Waals surface area contributed by atoms with Crippen molar-refractivity contribution in [2.24, 2.45) is 16.1 Å². The SMILES string of the molecule is CCC(C)C(=O)OCCOc1ccc(/N=N/c2ccc(OC)cc2)cc1. The summed E-state index contributed by atoms with van der Waals surface area (Å²) in [6.07, 6.45) is 0.770. The van der Waals surface area contributed by atoms with E-state index in [0.717, 1.165) is 23.5 Å². The van der Waals surface area contributed by atoms with E-state index in [-0.39, 0.29) is 18.5 Å². The van der Waals surface area contributed by atoms with Crippen LogP contribution >= 0.6 is 0 Å². The summed E-state index contributed by atoms with van der Waals surface area (Å²) in [7, 11) is 1.62. The highest BCUT2D eigenvalue weighted by Gasteiger charge is 2.11. The lowest BCUT2D eigenvalue weighted by Crippen LogP contribution is -2.17. The molecule has 1 atom stereocenters. The van der Waals surface area contributed by atoms with Gasteiger partial charge in [0.1, 0.15) is 24.7 Å². The summed E-state index contributed by atoms with van der Waals surface area (Å²) in [5, 5.41) is 8.35. The second-order valence-corrected chi connectivity index (χ2v) is 5.72. The van der Waals surface area contributed by atoms with Crippen molar-refractivity contribution in [1.29, 1.82) is 0 Å². The Labute approximate surface area is 153 Å². The predicted molar refractivity (Wildman–Crippen MR) is 99.5 cm³/mol. The van der Waals surface area contributed by atoms with E-state index in [4.69, 9.17) is 14.2 Å². The van der Waals surface area contributed by atoms with Gasteiger partial charge in [-0.2, -0.15) is 10.2 Å². The van der Waals surface area contributed by atoms with Crippen LogP contribution in [0.25, 0.3) is 0 Å². The van der Waals surface area contributed by atoms with Crippen molar-refractivity contribution < 1.29 is 19.0 Å². The summed E-state index contributed by atoms with van der Waals surface area (Å²) in [5.41, 5.74) is 1.46. The summed E-state index contributed by atoms with van der Waals surface area (Å²) in [5.74, 6) is 1.20. The van der Waals surface area contributed by atoms with Crippen molar-refractivity contribution >= 4 is 17.3 Å². The number of azo groups is 1. The summed E-state index contributed by atoms with van der Waals surface area (Å²) >= 11 is 0. The van der Waals surface area contributed by atoms with Crippen molar-refractivity contribution in [2.45, 2.75) is 20.3 Å². The quantitative estimate of drug-likeness (QED) is 0.357. The van der Waals surface area contributed by atoms with Crippen LogP contribution in [0, 0.1) is 5.92 Å². The Bertz CT molecular complexity index is 712. The molecule has 0 N–H and O–H groups in total. The van der Waals surface area contributed by atoms with E-state index in [1.807, 2.05) is 50.2 Å². The highest BCUT2D eigenvalue weighted by molar-refractivity contribution is 5.71. The number of ether oxygens (including phenoxy) is 3. The number of methoxy groups -OCH3 is 1. The molecule has 2 aromatic carbocycles. The molecule has 1 unspecified atom stereocenters. The Morgan fingerprint density at radius 1 is 0.923 bits per heavy atom. The fourth-order valence-electron chi connectivity index (χ4n) is 1.98. The average molecular weight is 356 g/mol. The van der Waals surface area contributed by atoms with Crippen LogP contribution in [-0.4, -0.2) is 26.3 Å². The largest absolute Gasteiger partial charge is 0.497 e. The molecule has 2 rings (SSSR count). The maximum Gasteiger partial charge on any atom is 0.308 e. The van der Waals surface area contributed by atoms with Crippen molar-refractivity contribution in [3.63, 3.8) is 0 Å². The monoisotopic (exact) mass is 356 g/mol. The minimum absolute atomic E-state index is 0.0784. The Morgan fingerprint density at radius 3 is 1.96 bits per heavy atom. The van der Waals surface area contributed by atoms with E-state index in [1.54, 1.807) is 19.2 Å².